The number of nitrogens with zero attached hydrogens (tertiary/aromatic N) is 3. The Morgan fingerprint density at radius 2 is 1.91 bits per heavy atom. The van der Waals surface area contributed by atoms with Crippen molar-refractivity contribution >= 4 is 34.6 Å². The maximum absolute atomic E-state index is 10.7. The fourth-order valence-corrected chi connectivity index (χ4v) is 4.85. The minimum atomic E-state index is -0.298. The Balaban J connectivity index is 1.64. The molecule has 0 unspecified atom stereocenters. The van der Waals surface area contributed by atoms with Gasteiger partial charge in [-0.1, -0.05) is 17.7 Å². The van der Waals surface area contributed by atoms with Crippen LogP contribution in [0.25, 0.3) is 5.69 Å². The van der Waals surface area contributed by atoms with Gasteiger partial charge in [-0.25, -0.2) is 0 Å². The van der Waals surface area contributed by atoms with E-state index in [4.69, 9.17) is 28.6 Å². The van der Waals surface area contributed by atoms with E-state index in [2.05, 4.69) is 20.9 Å². The molecule has 34 heavy (non-hydrogen) atoms. The molecule has 0 spiro atoms. The zero-order chi connectivity index (χ0) is 23.7. The van der Waals surface area contributed by atoms with Gasteiger partial charge in [-0.3, -0.25) is 4.98 Å². The molecule has 0 bridgehead atoms. The minimum absolute atomic E-state index is 0.0967. The fourth-order valence-electron chi connectivity index (χ4n) is 4.34. The minimum Gasteiger partial charge on any atom is -0.506 e. The van der Waals surface area contributed by atoms with E-state index in [9.17, 15) is 5.11 Å². The molecule has 2 aromatic heterocycles. The molecule has 172 valence electrons. The molecule has 3 heterocycles. The number of anilines is 1. The SMILES string of the molecule is CCOc1ccc(-n2cccc2[C@@H]2[C@@H](c3ccccn3)NC(=S)N2c2cc(Cl)ccc2O)cc1. The predicted molar refractivity (Wildman–Crippen MR) is 138 cm³/mol. The number of aromatic hydroxyl groups is 1. The predicted octanol–water partition coefficient (Wildman–Crippen LogP) is 5.81. The van der Waals surface area contributed by atoms with Crippen molar-refractivity contribution in [3.63, 3.8) is 0 Å². The second-order valence-electron chi connectivity index (χ2n) is 7.86. The number of benzene rings is 2. The molecule has 5 rings (SSSR count). The van der Waals surface area contributed by atoms with Crippen LogP contribution in [0.15, 0.2) is 85.2 Å². The number of phenols is 1. The molecule has 4 aromatic rings. The van der Waals surface area contributed by atoms with Crippen molar-refractivity contribution in [2.75, 3.05) is 11.5 Å². The molecule has 0 radical (unpaired) electrons. The summed E-state index contributed by atoms with van der Waals surface area (Å²) in [5, 5.41) is 15.1. The highest BCUT2D eigenvalue weighted by Gasteiger charge is 2.43. The molecule has 6 nitrogen and oxygen atoms in total. The lowest BCUT2D eigenvalue weighted by Crippen LogP contribution is -2.30. The summed E-state index contributed by atoms with van der Waals surface area (Å²) in [7, 11) is 0. The normalized spacial score (nSPS) is 17.6. The van der Waals surface area contributed by atoms with Crippen LogP contribution in [0.5, 0.6) is 11.5 Å². The van der Waals surface area contributed by atoms with Crippen LogP contribution < -0.4 is 15.0 Å². The van der Waals surface area contributed by atoms with Crippen LogP contribution in [0.1, 0.15) is 30.4 Å². The number of aromatic nitrogens is 2. The van der Waals surface area contributed by atoms with Gasteiger partial charge in [0.1, 0.15) is 17.5 Å². The number of rotatable bonds is 6. The van der Waals surface area contributed by atoms with Crippen LogP contribution in [0.2, 0.25) is 5.02 Å². The number of pyridine rings is 1. The Hall–Kier alpha value is -3.55. The Kier molecular flexibility index (Phi) is 6.13. The van der Waals surface area contributed by atoms with Crippen molar-refractivity contribution in [1.29, 1.82) is 0 Å². The van der Waals surface area contributed by atoms with E-state index in [0.29, 0.717) is 22.4 Å². The maximum Gasteiger partial charge on any atom is 0.174 e. The summed E-state index contributed by atoms with van der Waals surface area (Å²) < 4.78 is 7.71. The zero-order valence-corrected chi connectivity index (χ0v) is 20.0. The summed E-state index contributed by atoms with van der Waals surface area (Å²) in [6.07, 6.45) is 3.78. The van der Waals surface area contributed by atoms with E-state index in [-0.39, 0.29) is 17.8 Å². The molecule has 0 saturated carbocycles. The first-order valence-corrected chi connectivity index (χ1v) is 11.7. The first-order valence-electron chi connectivity index (χ1n) is 11.0. The van der Waals surface area contributed by atoms with Gasteiger partial charge in [0, 0.05) is 28.8 Å². The lowest BCUT2D eigenvalue weighted by Gasteiger charge is -2.29. The van der Waals surface area contributed by atoms with E-state index >= 15 is 0 Å². The van der Waals surface area contributed by atoms with Crippen LogP contribution in [0.4, 0.5) is 5.69 Å². The van der Waals surface area contributed by atoms with Crippen molar-refractivity contribution in [2.45, 2.75) is 19.0 Å². The van der Waals surface area contributed by atoms with Gasteiger partial charge in [0.2, 0.25) is 0 Å². The summed E-state index contributed by atoms with van der Waals surface area (Å²) in [6.45, 7) is 2.58. The molecule has 8 heteroatoms. The quantitative estimate of drug-likeness (QED) is 0.333. The largest absolute Gasteiger partial charge is 0.506 e. The summed E-state index contributed by atoms with van der Waals surface area (Å²) in [6, 6.07) is 22.2. The number of hydrogen-bond donors (Lipinski definition) is 2. The van der Waals surface area contributed by atoms with Gasteiger partial charge >= 0.3 is 0 Å². The Morgan fingerprint density at radius 1 is 1.09 bits per heavy atom. The molecule has 0 amide bonds. The fraction of sp³-hybridized carbons (Fsp3) is 0.154. The second kappa shape index (κ2) is 9.37. The highest BCUT2D eigenvalue weighted by Crippen LogP contribution is 2.45. The van der Waals surface area contributed by atoms with Crippen molar-refractivity contribution in [2.24, 2.45) is 0 Å². The van der Waals surface area contributed by atoms with Crippen molar-refractivity contribution in [3.8, 4) is 17.2 Å². The highest BCUT2D eigenvalue weighted by atomic mass is 35.5. The molecule has 1 aliphatic rings. The van der Waals surface area contributed by atoms with Crippen molar-refractivity contribution in [1.82, 2.24) is 14.9 Å². The number of halogens is 1. The summed E-state index contributed by atoms with van der Waals surface area (Å²) >= 11 is 12.1. The molecule has 2 atom stereocenters. The second-order valence-corrected chi connectivity index (χ2v) is 8.68. The van der Waals surface area contributed by atoms with E-state index in [0.717, 1.165) is 22.8 Å². The van der Waals surface area contributed by atoms with E-state index in [1.165, 1.54) is 0 Å². The number of thiocarbonyl (C=S) groups is 1. The molecular weight excluding hydrogens is 468 g/mol. The highest BCUT2D eigenvalue weighted by molar-refractivity contribution is 7.80. The van der Waals surface area contributed by atoms with Gasteiger partial charge in [-0.2, -0.15) is 0 Å². The third-order valence-corrected chi connectivity index (χ3v) is 6.35. The zero-order valence-electron chi connectivity index (χ0n) is 18.4. The lowest BCUT2D eigenvalue weighted by molar-refractivity contribution is 0.340. The molecule has 2 aromatic carbocycles. The topological polar surface area (TPSA) is 62.5 Å². The van der Waals surface area contributed by atoms with E-state index in [1.807, 2.05) is 66.6 Å². The van der Waals surface area contributed by atoms with Crippen LogP contribution in [0, 0.1) is 0 Å². The Labute approximate surface area is 208 Å². The first-order chi connectivity index (χ1) is 16.6. The number of ether oxygens (including phenoxy) is 1. The van der Waals surface area contributed by atoms with Crippen molar-refractivity contribution < 1.29 is 9.84 Å². The third-order valence-electron chi connectivity index (χ3n) is 5.80. The van der Waals surface area contributed by atoms with Crippen molar-refractivity contribution in [3.05, 3.63) is 102 Å². The molecule has 1 aliphatic heterocycles. The molecule has 2 N–H and O–H groups in total. The summed E-state index contributed by atoms with van der Waals surface area (Å²) in [5.74, 6) is 0.917. The van der Waals surface area contributed by atoms with Gasteiger partial charge in [0.05, 0.1) is 24.0 Å². The molecule has 0 aliphatic carbocycles. The number of phenolic OH excluding ortho intramolecular Hbond substituents is 1. The van der Waals surface area contributed by atoms with Gasteiger partial charge in [-0.15, -0.1) is 0 Å². The molecule has 1 fully saturated rings. The maximum atomic E-state index is 10.7. The standard InChI is InChI=1S/C26H23ClN4O2S/c1-2-33-19-11-9-18(10-12-19)30-15-5-7-21(30)25-24(20-6-3-4-14-28-20)29-26(34)31(25)22-16-17(27)8-13-23(22)32/h3-16,24-25,32H,2H2,1H3,(H,29,34)/t24-,25-/m1/s1. The van der Waals surface area contributed by atoms with Crippen LogP contribution >= 0.6 is 23.8 Å². The van der Waals surface area contributed by atoms with Crippen LogP contribution in [-0.2, 0) is 0 Å². The summed E-state index contributed by atoms with van der Waals surface area (Å²) in [5.41, 5.74) is 3.34. The average Bonchev–Trinajstić information content (AvgIpc) is 3.46. The Bertz CT molecular complexity index is 1310. The Morgan fingerprint density at radius 3 is 2.65 bits per heavy atom. The van der Waals surface area contributed by atoms with E-state index < -0.39 is 0 Å². The average molecular weight is 491 g/mol. The van der Waals surface area contributed by atoms with Gasteiger partial charge in [-0.05, 0) is 85.9 Å². The van der Waals surface area contributed by atoms with E-state index in [1.54, 1.807) is 24.4 Å². The van der Waals surface area contributed by atoms with Gasteiger partial charge in [0.15, 0.2) is 5.11 Å². The van der Waals surface area contributed by atoms with Crippen LogP contribution in [0.3, 0.4) is 0 Å². The number of nitrogens with one attached hydrogen (secondary N) is 1. The monoisotopic (exact) mass is 490 g/mol. The summed E-state index contributed by atoms with van der Waals surface area (Å²) in [4.78, 5) is 6.51. The van der Waals surface area contributed by atoms with Gasteiger partial charge < -0.3 is 24.6 Å². The molecular formula is C26H23ClN4O2S. The van der Waals surface area contributed by atoms with Gasteiger partial charge in [0.25, 0.3) is 0 Å². The lowest BCUT2D eigenvalue weighted by atomic mass is 10.0. The third kappa shape index (κ3) is 4.08. The van der Waals surface area contributed by atoms with Crippen LogP contribution in [-0.4, -0.2) is 26.4 Å². The number of hydrogen-bond acceptors (Lipinski definition) is 4. The smallest absolute Gasteiger partial charge is 0.174 e. The first kappa shape index (κ1) is 22.3. The molecule has 1 saturated heterocycles.